The number of nitrogens with zero attached hydrogens (tertiary/aromatic N) is 7. The van der Waals surface area contributed by atoms with Crippen LogP contribution in [-0.2, 0) is 4.74 Å². The summed E-state index contributed by atoms with van der Waals surface area (Å²) < 4.78 is 4.92. The Balaban J connectivity index is 1.24. The van der Waals surface area contributed by atoms with Crippen LogP contribution in [0, 0.1) is 0 Å². The van der Waals surface area contributed by atoms with E-state index in [1.807, 2.05) is 0 Å². The van der Waals surface area contributed by atoms with Crippen molar-refractivity contribution in [2.24, 2.45) is 0 Å². The molecule has 5 heterocycles. The van der Waals surface area contributed by atoms with Crippen LogP contribution in [0.1, 0.15) is 26.7 Å². The average molecular weight is 491 g/mol. The SMILES string of the molecule is COC(=O)N1CC(C)N(c2ncc3[nH]nc(-c4ccc(N5CCN6CCCC6C5)cc4)c3n2)C(C)C1. The molecular weight excluding hydrogens is 456 g/mol. The monoisotopic (exact) mass is 490 g/mol. The number of methoxy groups -OCH3 is 1. The van der Waals surface area contributed by atoms with E-state index in [9.17, 15) is 4.79 Å². The first-order valence-corrected chi connectivity index (χ1v) is 12.9. The Hall–Kier alpha value is -3.40. The summed E-state index contributed by atoms with van der Waals surface area (Å²) >= 11 is 0. The van der Waals surface area contributed by atoms with Crippen molar-refractivity contribution in [3.63, 3.8) is 0 Å². The smallest absolute Gasteiger partial charge is 0.409 e. The van der Waals surface area contributed by atoms with E-state index >= 15 is 0 Å². The van der Waals surface area contributed by atoms with E-state index < -0.39 is 0 Å². The summed E-state index contributed by atoms with van der Waals surface area (Å²) in [4.78, 5) is 30.7. The summed E-state index contributed by atoms with van der Waals surface area (Å²) in [5.41, 5.74) is 4.75. The summed E-state index contributed by atoms with van der Waals surface area (Å²) in [6.07, 6.45) is 4.14. The van der Waals surface area contributed by atoms with Gasteiger partial charge in [0.1, 0.15) is 16.7 Å². The summed E-state index contributed by atoms with van der Waals surface area (Å²) in [5, 5.41) is 7.68. The van der Waals surface area contributed by atoms with E-state index in [0.29, 0.717) is 25.1 Å². The molecule has 1 aromatic carbocycles. The van der Waals surface area contributed by atoms with Crippen molar-refractivity contribution < 1.29 is 9.53 Å². The molecule has 0 spiro atoms. The highest BCUT2D eigenvalue weighted by Gasteiger charge is 2.34. The number of benzene rings is 1. The largest absolute Gasteiger partial charge is 0.453 e. The highest BCUT2D eigenvalue weighted by molar-refractivity contribution is 5.90. The minimum atomic E-state index is -0.296. The van der Waals surface area contributed by atoms with Crippen LogP contribution in [-0.4, -0.2) is 101 Å². The fourth-order valence-corrected chi connectivity index (χ4v) is 6.18. The van der Waals surface area contributed by atoms with Crippen LogP contribution in [0.15, 0.2) is 30.5 Å². The maximum absolute atomic E-state index is 12.1. The summed E-state index contributed by atoms with van der Waals surface area (Å²) in [5.74, 6) is 0.653. The number of aromatic nitrogens is 4. The highest BCUT2D eigenvalue weighted by atomic mass is 16.5. The van der Waals surface area contributed by atoms with Crippen molar-refractivity contribution in [3.8, 4) is 11.3 Å². The molecule has 0 aliphatic carbocycles. The molecule has 1 amide bonds. The molecule has 3 aromatic rings. The van der Waals surface area contributed by atoms with Gasteiger partial charge in [-0.3, -0.25) is 10.00 Å². The third-order valence-electron chi connectivity index (χ3n) is 7.96. The Morgan fingerprint density at radius 2 is 1.83 bits per heavy atom. The molecule has 0 bridgehead atoms. The zero-order valence-electron chi connectivity index (χ0n) is 21.2. The van der Waals surface area contributed by atoms with Gasteiger partial charge in [0.05, 0.1) is 13.3 Å². The molecule has 3 aliphatic heterocycles. The number of ether oxygens (including phenoxy) is 1. The minimum absolute atomic E-state index is 0.0558. The molecule has 3 aliphatic rings. The standard InChI is InChI=1S/C26H34N8O2/c1-17-14-33(26(35)36-3)15-18(2)34(17)25-27-13-22-24(28-25)23(30-29-22)19-6-8-20(9-7-19)32-12-11-31-10-4-5-21(31)16-32/h6-9,13,17-18,21H,4-5,10-12,14-16H2,1-3H3,(H,29,30). The van der Waals surface area contributed by atoms with Crippen molar-refractivity contribution in [1.29, 1.82) is 0 Å². The van der Waals surface area contributed by atoms with E-state index in [0.717, 1.165) is 41.9 Å². The van der Waals surface area contributed by atoms with Crippen LogP contribution in [0.3, 0.4) is 0 Å². The van der Waals surface area contributed by atoms with Gasteiger partial charge in [-0.15, -0.1) is 0 Å². The lowest BCUT2D eigenvalue weighted by molar-refractivity contribution is 0.109. The van der Waals surface area contributed by atoms with Gasteiger partial charge >= 0.3 is 6.09 Å². The molecule has 10 heteroatoms. The van der Waals surface area contributed by atoms with Gasteiger partial charge in [-0.1, -0.05) is 12.1 Å². The van der Waals surface area contributed by atoms with Crippen molar-refractivity contribution in [2.75, 3.05) is 56.2 Å². The Morgan fingerprint density at radius 3 is 2.58 bits per heavy atom. The summed E-state index contributed by atoms with van der Waals surface area (Å²) in [7, 11) is 1.42. The Labute approximate surface area is 211 Å². The maximum atomic E-state index is 12.1. The number of aromatic amines is 1. The molecule has 3 unspecified atom stereocenters. The van der Waals surface area contributed by atoms with Crippen LogP contribution < -0.4 is 9.80 Å². The summed E-state index contributed by atoms with van der Waals surface area (Å²) in [6.45, 7) is 9.89. The first-order valence-electron chi connectivity index (χ1n) is 12.9. The van der Waals surface area contributed by atoms with Crippen molar-refractivity contribution in [2.45, 2.75) is 44.8 Å². The highest BCUT2D eigenvalue weighted by Crippen LogP contribution is 2.31. The predicted molar refractivity (Wildman–Crippen MR) is 139 cm³/mol. The molecule has 190 valence electrons. The molecule has 3 atom stereocenters. The van der Waals surface area contributed by atoms with Gasteiger partial charge in [-0.25, -0.2) is 14.8 Å². The fraction of sp³-hybridized carbons (Fsp3) is 0.538. The zero-order valence-corrected chi connectivity index (χ0v) is 21.2. The number of anilines is 2. The summed E-state index contributed by atoms with van der Waals surface area (Å²) in [6, 6.07) is 9.52. The number of carbonyl (C=O) groups is 1. The second-order valence-electron chi connectivity index (χ2n) is 10.3. The van der Waals surface area contributed by atoms with E-state index in [1.165, 1.54) is 32.2 Å². The number of hydrogen-bond acceptors (Lipinski definition) is 8. The van der Waals surface area contributed by atoms with Crippen LogP contribution in [0.2, 0.25) is 0 Å². The van der Waals surface area contributed by atoms with Gasteiger partial charge in [0.2, 0.25) is 5.95 Å². The Morgan fingerprint density at radius 1 is 1.06 bits per heavy atom. The third-order valence-corrected chi connectivity index (χ3v) is 7.96. The van der Waals surface area contributed by atoms with E-state index in [1.54, 1.807) is 11.1 Å². The zero-order chi connectivity index (χ0) is 24.8. The van der Waals surface area contributed by atoms with Gasteiger partial charge < -0.3 is 19.4 Å². The molecule has 36 heavy (non-hydrogen) atoms. The lowest BCUT2D eigenvalue weighted by Crippen LogP contribution is -2.58. The Bertz CT molecular complexity index is 1230. The van der Waals surface area contributed by atoms with E-state index in [2.05, 4.69) is 68.0 Å². The van der Waals surface area contributed by atoms with Crippen LogP contribution in [0.25, 0.3) is 22.3 Å². The molecule has 3 fully saturated rings. The van der Waals surface area contributed by atoms with Gasteiger partial charge in [0.25, 0.3) is 0 Å². The second kappa shape index (κ2) is 9.24. The van der Waals surface area contributed by atoms with Gasteiger partial charge in [0.15, 0.2) is 0 Å². The normalized spacial score (nSPS) is 24.9. The Kier molecular flexibility index (Phi) is 5.91. The number of nitrogens with one attached hydrogen (secondary N) is 1. The van der Waals surface area contributed by atoms with Gasteiger partial charge in [-0.05, 0) is 45.4 Å². The van der Waals surface area contributed by atoms with Crippen molar-refractivity contribution >= 4 is 28.8 Å². The molecule has 1 N–H and O–H groups in total. The van der Waals surface area contributed by atoms with Gasteiger partial charge in [0, 0.05) is 62.1 Å². The lowest BCUT2D eigenvalue weighted by atomic mass is 10.1. The molecule has 3 saturated heterocycles. The second-order valence-corrected chi connectivity index (χ2v) is 10.3. The average Bonchev–Trinajstić information content (AvgIpc) is 3.54. The minimum Gasteiger partial charge on any atom is -0.453 e. The molecule has 6 rings (SSSR count). The predicted octanol–water partition coefficient (Wildman–Crippen LogP) is 2.97. The molecule has 10 nitrogen and oxygen atoms in total. The lowest BCUT2D eigenvalue weighted by Gasteiger charge is -2.43. The number of fused-ring (bicyclic) bond motifs is 2. The fourth-order valence-electron chi connectivity index (χ4n) is 6.18. The number of amides is 1. The maximum Gasteiger partial charge on any atom is 0.409 e. The number of rotatable bonds is 3. The first kappa shape index (κ1) is 23.0. The number of carbonyl (C=O) groups excluding carboxylic acids is 1. The third kappa shape index (κ3) is 4.03. The molecule has 0 saturated carbocycles. The van der Waals surface area contributed by atoms with Gasteiger partial charge in [-0.2, -0.15) is 5.10 Å². The molecular formula is C26H34N8O2. The number of piperazine rings is 2. The quantitative estimate of drug-likeness (QED) is 0.599. The van der Waals surface area contributed by atoms with Crippen molar-refractivity contribution in [3.05, 3.63) is 30.5 Å². The number of hydrogen-bond donors (Lipinski definition) is 1. The molecule has 0 radical (unpaired) electrons. The first-order chi connectivity index (χ1) is 17.5. The van der Waals surface area contributed by atoms with Crippen LogP contribution >= 0.6 is 0 Å². The van der Waals surface area contributed by atoms with Crippen LogP contribution in [0.4, 0.5) is 16.4 Å². The molecule has 2 aromatic heterocycles. The topological polar surface area (TPSA) is 93.7 Å². The van der Waals surface area contributed by atoms with Crippen LogP contribution in [0.5, 0.6) is 0 Å². The number of H-pyrrole nitrogens is 1. The van der Waals surface area contributed by atoms with E-state index in [-0.39, 0.29) is 18.2 Å². The van der Waals surface area contributed by atoms with Crippen molar-refractivity contribution in [1.82, 2.24) is 30.0 Å². The van der Waals surface area contributed by atoms with E-state index in [4.69, 9.17) is 9.72 Å².